The number of rotatable bonds is 7. The third-order valence-electron chi connectivity index (χ3n) is 7.89. The summed E-state index contributed by atoms with van der Waals surface area (Å²) in [6.07, 6.45) is 8.63. The van der Waals surface area contributed by atoms with Gasteiger partial charge in [-0.2, -0.15) is 0 Å². The van der Waals surface area contributed by atoms with Crippen molar-refractivity contribution in [1.29, 1.82) is 5.41 Å². The number of quaternary nitrogens is 1. The predicted octanol–water partition coefficient (Wildman–Crippen LogP) is 5.06. The first-order valence-corrected chi connectivity index (χ1v) is 11.7. The number of halogens is 2. The number of hydrogen-bond donors (Lipinski definition) is 2. The Hall–Kier alpha value is -2.57. The maximum atomic E-state index is 14.7. The fourth-order valence-electron chi connectivity index (χ4n) is 6.09. The zero-order valence-electron chi connectivity index (χ0n) is 19.4. The molecule has 5 rings (SSSR count). The monoisotopic (exact) mass is 455 g/mol. The lowest BCUT2D eigenvalue weighted by Gasteiger charge is -2.58. The molecule has 3 aliphatic heterocycles. The lowest BCUT2D eigenvalue weighted by Crippen LogP contribution is -2.69. The summed E-state index contributed by atoms with van der Waals surface area (Å²) in [6, 6.07) is 3.78. The summed E-state index contributed by atoms with van der Waals surface area (Å²) in [5, 5.41) is 20.2. The van der Waals surface area contributed by atoms with Crippen LogP contribution in [0.2, 0.25) is 0 Å². The minimum Gasteiger partial charge on any atom is -0.497 e. The Labute approximate surface area is 194 Å². The number of aliphatic hydroxyl groups is 1. The van der Waals surface area contributed by atoms with E-state index in [2.05, 4.69) is 6.58 Å². The maximum Gasteiger partial charge on any atom is 0.135 e. The molecule has 3 heterocycles. The van der Waals surface area contributed by atoms with Gasteiger partial charge in [-0.1, -0.05) is 19.1 Å². The number of fused-ring (bicyclic) bond motifs is 3. The van der Waals surface area contributed by atoms with E-state index in [1.165, 1.54) is 18.2 Å². The molecular weight excluding hydrogens is 422 g/mol. The van der Waals surface area contributed by atoms with Gasteiger partial charge in [0.1, 0.15) is 36.1 Å². The van der Waals surface area contributed by atoms with Gasteiger partial charge in [-0.3, -0.25) is 0 Å². The van der Waals surface area contributed by atoms with Crippen LogP contribution in [0.15, 0.2) is 66.0 Å². The van der Waals surface area contributed by atoms with E-state index < -0.39 is 17.7 Å². The van der Waals surface area contributed by atoms with Crippen LogP contribution in [-0.2, 0) is 11.3 Å². The highest BCUT2D eigenvalue weighted by molar-refractivity contribution is 6.10. The molecule has 4 nitrogen and oxygen atoms in total. The first kappa shape index (κ1) is 23.6. The molecule has 2 N–H and O–H groups in total. The first-order valence-electron chi connectivity index (χ1n) is 11.7. The summed E-state index contributed by atoms with van der Waals surface area (Å²) in [4.78, 5) is 0. The minimum atomic E-state index is -0.824. The number of hydrogen-bond acceptors (Lipinski definition) is 3. The van der Waals surface area contributed by atoms with Crippen molar-refractivity contribution in [2.45, 2.75) is 44.9 Å². The summed E-state index contributed by atoms with van der Waals surface area (Å²) in [5.41, 5.74) is 1.86. The van der Waals surface area contributed by atoms with Crippen LogP contribution < -0.4 is 0 Å². The second-order valence-corrected chi connectivity index (χ2v) is 9.47. The van der Waals surface area contributed by atoms with Gasteiger partial charge in [0.05, 0.1) is 31.5 Å². The number of benzene rings is 1. The van der Waals surface area contributed by atoms with Crippen LogP contribution in [0.25, 0.3) is 0 Å². The number of aliphatic hydroxyl groups excluding tert-OH is 1. The van der Waals surface area contributed by atoms with Gasteiger partial charge in [0.2, 0.25) is 0 Å². The molecule has 176 valence electrons. The third-order valence-corrected chi connectivity index (χ3v) is 7.89. The largest absolute Gasteiger partial charge is 0.497 e. The molecule has 2 bridgehead atoms. The molecule has 1 aromatic rings. The van der Waals surface area contributed by atoms with Crippen LogP contribution in [0.3, 0.4) is 0 Å². The SMILES string of the molecule is C=CC1C[N+]2(Cc3c(F)cccc3F)CCC1CC2C(O)/C(CC)=C1\C=C(OC)C=CC1=N. The van der Waals surface area contributed by atoms with Crippen molar-refractivity contribution in [2.24, 2.45) is 11.8 Å². The van der Waals surface area contributed by atoms with Crippen molar-refractivity contribution >= 4 is 5.71 Å². The number of methoxy groups -OCH3 is 1. The molecule has 0 spiro atoms. The smallest absolute Gasteiger partial charge is 0.135 e. The zero-order chi connectivity index (χ0) is 23.8. The van der Waals surface area contributed by atoms with E-state index in [-0.39, 0.29) is 24.1 Å². The van der Waals surface area contributed by atoms with E-state index in [1.807, 2.05) is 13.0 Å². The van der Waals surface area contributed by atoms with E-state index in [4.69, 9.17) is 10.1 Å². The number of nitrogens with one attached hydrogen (secondary N) is 1. The average Bonchev–Trinajstić information content (AvgIpc) is 2.83. The molecule has 6 heteroatoms. The lowest BCUT2D eigenvalue weighted by atomic mass is 9.70. The van der Waals surface area contributed by atoms with E-state index in [1.54, 1.807) is 25.3 Å². The topological polar surface area (TPSA) is 53.3 Å². The molecule has 0 saturated carbocycles. The molecule has 0 amide bonds. The molecule has 1 aromatic carbocycles. The van der Waals surface area contributed by atoms with E-state index in [9.17, 15) is 13.9 Å². The quantitative estimate of drug-likeness (QED) is 0.446. The molecule has 5 atom stereocenters. The minimum absolute atomic E-state index is 0.0819. The number of nitrogens with zero attached hydrogens (tertiary/aromatic N) is 1. The Kier molecular flexibility index (Phi) is 6.68. The number of ether oxygens (including phenoxy) is 1. The highest BCUT2D eigenvalue weighted by Gasteiger charge is 2.54. The second-order valence-electron chi connectivity index (χ2n) is 9.47. The Morgan fingerprint density at radius 3 is 2.70 bits per heavy atom. The second kappa shape index (κ2) is 9.35. The molecule has 3 saturated heterocycles. The van der Waals surface area contributed by atoms with Gasteiger partial charge in [0.15, 0.2) is 0 Å². The number of allylic oxidation sites excluding steroid dienone is 4. The van der Waals surface area contributed by atoms with Crippen molar-refractivity contribution < 1.29 is 23.1 Å². The fourth-order valence-corrected chi connectivity index (χ4v) is 6.09. The molecule has 0 radical (unpaired) electrons. The van der Waals surface area contributed by atoms with Gasteiger partial charge < -0.3 is 19.7 Å². The van der Waals surface area contributed by atoms with Gasteiger partial charge in [-0.25, -0.2) is 8.78 Å². The van der Waals surface area contributed by atoms with E-state index >= 15 is 0 Å². The van der Waals surface area contributed by atoms with Crippen LogP contribution in [0.5, 0.6) is 0 Å². The van der Waals surface area contributed by atoms with Gasteiger partial charge in [-0.05, 0) is 48.3 Å². The van der Waals surface area contributed by atoms with Crippen LogP contribution in [0.4, 0.5) is 8.78 Å². The Bertz CT molecular complexity index is 1020. The average molecular weight is 456 g/mol. The summed E-state index contributed by atoms with van der Waals surface area (Å²) >= 11 is 0. The lowest BCUT2D eigenvalue weighted by molar-refractivity contribution is -0.983. The van der Waals surface area contributed by atoms with E-state index in [0.29, 0.717) is 40.4 Å². The molecular formula is C27H33F2N2O2+. The van der Waals surface area contributed by atoms with Gasteiger partial charge in [0.25, 0.3) is 0 Å². The molecule has 0 aromatic heterocycles. The molecule has 1 aliphatic carbocycles. The summed E-state index contributed by atoms with van der Waals surface area (Å²) in [7, 11) is 1.58. The highest BCUT2D eigenvalue weighted by atomic mass is 19.1. The Balaban J connectivity index is 1.77. The van der Waals surface area contributed by atoms with Crippen molar-refractivity contribution in [3.05, 3.63) is 83.2 Å². The predicted molar refractivity (Wildman–Crippen MR) is 126 cm³/mol. The summed E-state index contributed by atoms with van der Waals surface area (Å²) < 4.78 is 35.1. The number of piperidine rings is 3. The van der Waals surface area contributed by atoms with Crippen LogP contribution >= 0.6 is 0 Å². The summed E-state index contributed by atoms with van der Waals surface area (Å²) in [5.74, 6) is 0.199. The summed E-state index contributed by atoms with van der Waals surface area (Å²) in [6.45, 7) is 7.64. The Morgan fingerprint density at radius 1 is 1.33 bits per heavy atom. The normalized spacial score (nSPS) is 31.2. The first-order chi connectivity index (χ1) is 15.8. The van der Waals surface area contributed by atoms with Crippen molar-refractivity contribution in [1.82, 2.24) is 0 Å². The zero-order valence-corrected chi connectivity index (χ0v) is 19.4. The molecule has 5 unspecified atom stereocenters. The third kappa shape index (κ3) is 4.22. The van der Waals surface area contributed by atoms with E-state index in [0.717, 1.165) is 25.0 Å². The Morgan fingerprint density at radius 2 is 2.06 bits per heavy atom. The molecule has 3 fully saturated rings. The molecule has 33 heavy (non-hydrogen) atoms. The standard InChI is InChI=1S/C27H33F2N2O2/c1-4-17-15-31(16-22-23(28)7-6-8-24(22)29)12-11-18(17)13-26(31)27(32)20(5-2)21-14-19(33-3)9-10-25(21)30/h4,6-10,14,17-18,26-27,30,32H,1,5,11-13,15-16H2,2-3H3/q+1/b21-20+,30-25?. The fraction of sp³-hybridized carbons (Fsp3) is 0.444. The van der Waals surface area contributed by atoms with Gasteiger partial charge >= 0.3 is 0 Å². The van der Waals surface area contributed by atoms with Crippen molar-refractivity contribution in [2.75, 3.05) is 20.2 Å². The van der Waals surface area contributed by atoms with Crippen LogP contribution in [0.1, 0.15) is 31.7 Å². The van der Waals surface area contributed by atoms with Crippen molar-refractivity contribution in [3.8, 4) is 0 Å². The maximum absolute atomic E-state index is 14.7. The van der Waals surface area contributed by atoms with Crippen molar-refractivity contribution in [3.63, 3.8) is 0 Å². The van der Waals surface area contributed by atoms with Gasteiger partial charge in [0, 0.05) is 24.3 Å². The molecule has 4 aliphatic rings. The highest BCUT2D eigenvalue weighted by Crippen LogP contribution is 2.46. The van der Waals surface area contributed by atoms with Crippen LogP contribution in [0, 0.1) is 28.9 Å². The van der Waals surface area contributed by atoms with Gasteiger partial charge in [-0.15, -0.1) is 6.58 Å². The van der Waals surface area contributed by atoms with Crippen LogP contribution in [-0.4, -0.2) is 47.6 Å².